The molecule has 2 N–H and O–H groups in total. The summed E-state index contributed by atoms with van der Waals surface area (Å²) in [4.78, 5) is 28.1. The normalized spacial score (nSPS) is 12.1. The van der Waals surface area contributed by atoms with E-state index >= 15 is 0 Å². The number of hydrogen-bond donors (Lipinski definition) is 2. The van der Waals surface area contributed by atoms with Crippen molar-refractivity contribution in [3.63, 3.8) is 0 Å². The van der Waals surface area contributed by atoms with Crippen LogP contribution in [0.4, 0.5) is 5.13 Å². The van der Waals surface area contributed by atoms with E-state index in [0.29, 0.717) is 5.13 Å². The third-order valence-electron chi connectivity index (χ3n) is 3.84. The van der Waals surface area contributed by atoms with Gasteiger partial charge in [-0.1, -0.05) is 26.0 Å². The van der Waals surface area contributed by atoms with E-state index in [1.807, 2.05) is 25.3 Å². The summed E-state index contributed by atoms with van der Waals surface area (Å²) in [5, 5.41) is 7.93. The minimum Gasteiger partial charge on any atom is -0.344 e. The van der Waals surface area contributed by atoms with E-state index in [-0.39, 0.29) is 17.7 Å². The monoisotopic (exact) mass is 345 g/mol. The maximum atomic E-state index is 12.4. The van der Waals surface area contributed by atoms with E-state index in [2.05, 4.69) is 41.6 Å². The zero-order valence-corrected chi connectivity index (χ0v) is 15.5. The van der Waals surface area contributed by atoms with Crippen LogP contribution in [-0.2, 0) is 9.59 Å². The first-order chi connectivity index (χ1) is 11.3. The molecule has 0 spiro atoms. The summed E-state index contributed by atoms with van der Waals surface area (Å²) in [5.74, 6) is -0.479. The molecule has 24 heavy (non-hydrogen) atoms. The molecule has 1 heterocycles. The molecular formula is C18H23N3O2S. The van der Waals surface area contributed by atoms with Crippen molar-refractivity contribution in [2.45, 2.75) is 40.7 Å². The van der Waals surface area contributed by atoms with E-state index in [9.17, 15) is 9.59 Å². The lowest BCUT2D eigenvalue weighted by molar-refractivity contribution is -0.126. The third-order valence-corrected chi connectivity index (χ3v) is 4.60. The predicted molar refractivity (Wildman–Crippen MR) is 98.1 cm³/mol. The molecule has 0 saturated heterocycles. The number of anilines is 1. The fourth-order valence-corrected chi connectivity index (χ4v) is 3.02. The molecule has 0 aliphatic carbocycles. The number of nitrogens with one attached hydrogen (secondary N) is 2. The van der Waals surface area contributed by atoms with Crippen molar-refractivity contribution >= 4 is 28.3 Å². The molecule has 1 aromatic carbocycles. The van der Waals surface area contributed by atoms with Crippen LogP contribution in [-0.4, -0.2) is 22.8 Å². The molecule has 5 nitrogen and oxygen atoms in total. The van der Waals surface area contributed by atoms with Crippen LogP contribution in [0.2, 0.25) is 0 Å². The van der Waals surface area contributed by atoms with Crippen molar-refractivity contribution in [2.24, 2.45) is 5.92 Å². The fourth-order valence-electron chi connectivity index (χ4n) is 2.30. The van der Waals surface area contributed by atoms with E-state index in [1.165, 1.54) is 29.4 Å². The minimum atomic E-state index is -0.573. The fraction of sp³-hybridized carbons (Fsp3) is 0.389. The molecular weight excluding hydrogens is 322 g/mol. The number of thiazole rings is 1. The summed E-state index contributed by atoms with van der Waals surface area (Å²) < 4.78 is 0. The van der Waals surface area contributed by atoms with E-state index in [4.69, 9.17) is 0 Å². The molecule has 0 radical (unpaired) electrons. The van der Waals surface area contributed by atoms with Gasteiger partial charge < -0.3 is 10.6 Å². The van der Waals surface area contributed by atoms with E-state index in [0.717, 1.165) is 11.3 Å². The number of carbonyl (C=O) groups excluding carboxylic acids is 2. The second-order valence-corrected chi connectivity index (χ2v) is 7.11. The van der Waals surface area contributed by atoms with Gasteiger partial charge in [-0.05, 0) is 37.0 Å². The van der Waals surface area contributed by atoms with Crippen LogP contribution in [0.5, 0.6) is 0 Å². The van der Waals surface area contributed by atoms with Gasteiger partial charge in [0.05, 0.1) is 5.69 Å². The second-order valence-electron chi connectivity index (χ2n) is 6.25. The second kappa shape index (κ2) is 7.57. The Kier molecular flexibility index (Phi) is 5.72. The quantitative estimate of drug-likeness (QED) is 0.871. The highest BCUT2D eigenvalue weighted by atomic mass is 32.1. The van der Waals surface area contributed by atoms with Crippen LogP contribution in [0.25, 0.3) is 11.3 Å². The summed E-state index contributed by atoms with van der Waals surface area (Å²) in [6.07, 6.45) is 0. The first kappa shape index (κ1) is 18.1. The molecule has 0 fully saturated rings. The number of aromatic nitrogens is 1. The molecule has 128 valence electrons. The van der Waals surface area contributed by atoms with Gasteiger partial charge in [0.25, 0.3) is 0 Å². The van der Waals surface area contributed by atoms with Gasteiger partial charge in [-0.15, -0.1) is 11.3 Å². The Morgan fingerprint density at radius 1 is 1.17 bits per heavy atom. The van der Waals surface area contributed by atoms with Crippen molar-refractivity contribution in [2.75, 3.05) is 5.32 Å². The number of hydrogen-bond acceptors (Lipinski definition) is 4. The van der Waals surface area contributed by atoms with Crippen molar-refractivity contribution in [1.82, 2.24) is 10.3 Å². The molecule has 2 rings (SSSR count). The number of nitrogens with zero attached hydrogens (tertiary/aromatic N) is 1. The lowest BCUT2D eigenvalue weighted by atomic mass is 10.0. The lowest BCUT2D eigenvalue weighted by Crippen LogP contribution is -2.46. The Hall–Kier alpha value is -2.21. The summed E-state index contributed by atoms with van der Waals surface area (Å²) in [6, 6.07) is 5.60. The number of aryl methyl sites for hydroxylation is 2. The van der Waals surface area contributed by atoms with Crippen LogP contribution in [0.15, 0.2) is 23.6 Å². The number of benzene rings is 1. The van der Waals surface area contributed by atoms with Crippen LogP contribution in [0.3, 0.4) is 0 Å². The van der Waals surface area contributed by atoms with Crippen molar-refractivity contribution < 1.29 is 9.59 Å². The zero-order valence-electron chi connectivity index (χ0n) is 14.6. The standard InChI is InChI=1S/C18H23N3O2S/c1-10(2)16(19-13(5)22)17(23)21-18-20-15(9-24-18)14-7-6-11(3)12(4)8-14/h6-10,16H,1-5H3,(H,19,22)(H,20,21,23). The smallest absolute Gasteiger partial charge is 0.248 e. The van der Waals surface area contributed by atoms with Gasteiger partial charge in [0.2, 0.25) is 11.8 Å². The van der Waals surface area contributed by atoms with Gasteiger partial charge in [0, 0.05) is 17.9 Å². The molecule has 1 aromatic heterocycles. The maximum Gasteiger partial charge on any atom is 0.248 e. The van der Waals surface area contributed by atoms with Crippen LogP contribution < -0.4 is 10.6 Å². The average Bonchev–Trinajstić information content (AvgIpc) is 2.95. The van der Waals surface area contributed by atoms with Crippen molar-refractivity contribution in [3.8, 4) is 11.3 Å². The van der Waals surface area contributed by atoms with E-state index in [1.54, 1.807) is 0 Å². The molecule has 6 heteroatoms. The van der Waals surface area contributed by atoms with Gasteiger partial charge in [-0.3, -0.25) is 9.59 Å². The largest absolute Gasteiger partial charge is 0.344 e. The number of rotatable bonds is 5. The van der Waals surface area contributed by atoms with Crippen LogP contribution in [0.1, 0.15) is 31.9 Å². The molecule has 2 aromatic rings. The molecule has 0 bridgehead atoms. The van der Waals surface area contributed by atoms with Gasteiger partial charge >= 0.3 is 0 Å². The highest BCUT2D eigenvalue weighted by molar-refractivity contribution is 7.14. The van der Waals surface area contributed by atoms with Crippen LogP contribution >= 0.6 is 11.3 Å². The summed E-state index contributed by atoms with van der Waals surface area (Å²) >= 11 is 1.38. The highest BCUT2D eigenvalue weighted by Crippen LogP contribution is 2.26. The molecule has 1 atom stereocenters. The van der Waals surface area contributed by atoms with Crippen molar-refractivity contribution in [3.05, 3.63) is 34.7 Å². The maximum absolute atomic E-state index is 12.4. The number of amides is 2. The Morgan fingerprint density at radius 2 is 1.88 bits per heavy atom. The van der Waals surface area contributed by atoms with Gasteiger partial charge in [-0.25, -0.2) is 4.98 Å². The van der Waals surface area contributed by atoms with Gasteiger partial charge in [0.1, 0.15) is 6.04 Å². The SMILES string of the molecule is CC(=O)NC(C(=O)Nc1nc(-c2ccc(C)c(C)c2)cs1)C(C)C. The molecule has 0 aliphatic rings. The lowest BCUT2D eigenvalue weighted by Gasteiger charge is -2.20. The first-order valence-electron chi connectivity index (χ1n) is 7.89. The zero-order chi connectivity index (χ0) is 17.9. The molecule has 1 unspecified atom stereocenters. The van der Waals surface area contributed by atoms with Crippen molar-refractivity contribution in [1.29, 1.82) is 0 Å². The number of carbonyl (C=O) groups is 2. The molecule has 2 amide bonds. The summed E-state index contributed by atoms with van der Waals surface area (Å²) in [5.41, 5.74) is 4.30. The van der Waals surface area contributed by atoms with Gasteiger partial charge in [-0.2, -0.15) is 0 Å². The van der Waals surface area contributed by atoms with E-state index < -0.39 is 6.04 Å². The summed E-state index contributed by atoms with van der Waals surface area (Å²) in [6.45, 7) is 9.32. The minimum absolute atomic E-state index is 0.00641. The third kappa shape index (κ3) is 4.41. The topological polar surface area (TPSA) is 71.1 Å². The Bertz CT molecular complexity index is 752. The summed E-state index contributed by atoms with van der Waals surface area (Å²) in [7, 11) is 0. The first-order valence-corrected chi connectivity index (χ1v) is 8.77. The van der Waals surface area contributed by atoms with Crippen LogP contribution in [0, 0.1) is 19.8 Å². The Morgan fingerprint density at radius 3 is 2.46 bits per heavy atom. The Balaban J connectivity index is 2.14. The molecule has 0 aliphatic heterocycles. The highest BCUT2D eigenvalue weighted by Gasteiger charge is 2.23. The molecule has 0 saturated carbocycles. The van der Waals surface area contributed by atoms with Gasteiger partial charge in [0.15, 0.2) is 5.13 Å². The predicted octanol–water partition coefficient (Wildman–Crippen LogP) is 3.53. The Labute approximate surface area is 146 Å². The average molecular weight is 345 g/mol.